The Bertz CT molecular complexity index is 634. The molecular formula is C12H11ClN2O3. The maximum atomic E-state index is 11.6. The molecule has 0 spiro atoms. The van der Waals surface area contributed by atoms with Gasteiger partial charge in [-0.25, -0.2) is 0 Å². The summed E-state index contributed by atoms with van der Waals surface area (Å²) in [6.45, 7) is 3.62. The summed E-state index contributed by atoms with van der Waals surface area (Å²) in [6.07, 6.45) is 0.629. The first-order chi connectivity index (χ1) is 8.60. The van der Waals surface area contributed by atoms with Crippen LogP contribution < -0.4 is 4.74 Å². The van der Waals surface area contributed by atoms with Crippen LogP contribution in [0.2, 0.25) is 5.02 Å². The minimum atomic E-state index is -0.169. The lowest BCUT2D eigenvalue weighted by Gasteiger charge is -2.09. The Kier molecular flexibility index (Phi) is 3.34. The number of benzene rings is 1. The van der Waals surface area contributed by atoms with E-state index >= 15 is 0 Å². The third-order valence-corrected chi connectivity index (χ3v) is 2.85. The highest BCUT2D eigenvalue weighted by Crippen LogP contribution is 2.35. The molecule has 0 bridgehead atoms. The number of nitrogens with zero attached hydrogens (tertiary/aromatic N) is 1. The van der Waals surface area contributed by atoms with Gasteiger partial charge >= 0.3 is 0 Å². The van der Waals surface area contributed by atoms with Gasteiger partial charge in [-0.3, -0.25) is 14.7 Å². The standard InChI is InChI=1S/C12H11ClN2O3/c1-3-18-12-7(6(2)17)4-8(13)10-9(5-16)14-15-11(10)12/h4-5H,3H2,1-2H3,(H,14,15). The number of hydrogen-bond acceptors (Lipinski definition) is 4. The molecule has 0 unspecified atom stereocenters. The van der Waals surface area contributed by atoms with Crippen molar-refractivity contribution in [2.24, 2.45) is 0 Å². The van der Waals surface area contributed by atoms with E-state index in [2.05, 4.69) is 10.2 Å². The average molecular weight is 267 g/mol. The van der Waals surface area contributed by atoms with Gasteiger partial charge in [0.15, 0.2) is 17.8 Å². The predicted octanol–water partition coefficient (Wildman–Crippen LogP) is 2.63. The van der Waals surface area contributed by atoms with Crippen molar-refractivity contribution in [1.82, 2.24) is 10.2 Å². The summed E-state index contributed by atoms with van der Waals surface area (Å²) in [5, 5.41) is 7.34. The van der Waals surface area contributed by atoms with Gasteiger partial charge in [-0.15, -0.1) is 0 Å². The summed E-state index contributed by atoms with van der Waals surface area (Å²) >= 11 is 6.08. The summed E-state index contributed by atoms with van der Waals surface area (Å²) in [5.74, 6) is 0.187. The summed E-state index contributed by atoms with van der Waals surface area (Å²) in [5.41, 5.74) is 1.03. The highest BCUT2D eigenvalue weighted by Gasteiger charge is 2.20. The van der Waals surface area contributed by atoms with Crippen LogP contribution in [0.1, 0.15) is 34.7 Å². The van der Waals surface area contributed by atoms with Crippen molar-refractivity contribution in [2.45, 2.75) is 13.8 Å². The van der Waals surface area contributed by atoms with E-state index in [0.717, 1.165) is 0 Å². The molecule has 18 heavy (non-hydrogen) atoms. The molecular weight excluding hydrogens is 256 g/mol. The number of halogens is 1. The van der Waals surface area contributed by atoms with E-state index in [0.29, 0.717) is 40.1 Å². The molecule has 2 aromatic rings. The number of aromatic nitrogens is 2. The van der Waals surface area contributed by atoms with Crippen LogP contribution in [0, 0.1) is 0 Å². The van der Waals surface area contributed by atoms with Crippen LogP contribution in [0.5, 0.6) is 5.75 Å². The number of carbonyl (C=O) groups is 2. The second kappa shape index (κ2) is 4.78. The Hall–Kier alpha value is -1.88. The Balaban J connectivity index is 2.85. The lowest BCUT2D eigenvalue weighted by Crippen LogP contribution is -2.02. The zero-order valence-corrected chi connectivity index (χ0v) is 10.7. The third-order valence-electron chi connectivity index (χ3n) is 2.55. The number of carbonyl (C=O) groups excluding carboxylic acids is 2. The van der Waals surface area contributed by atoms with Crippen LogP contribution in [-0.4, -0.2) is 28.9 Å². The number of H-pyrrole nitrogens is 1. The molecule has 0 amide bonds. The fraction of sp³-hybridized carbons (Fsp3) is 0.250. The van der Waals surface area contributed by atoms with Crippen molar-refractivity contribution in [3.63, 3.8) is 0 Å². The zero-order valence-electron chi connectivity index (χ0n) is 9.91. The van der Waals surface area contributed by atoms with Gasteiger partial charge in [-0.2, -0.15) is 5.10 Å². The summed E-state index contributed by atoms with van der Waals surface area (Å²) in [4.78, 5) is 22.5. The molecule has 0 aliphatic heterocycles. The summed E-state index contributed by atoms with van der Waals surface area (Å²) in [6, 6.07) is 1.50. The Labute approximate surface area is 108 Å². The Morgan fingerprint density at radius 1 is 1.61 bits per heavy atom. The van der Waals surface area contributed by atoms with Gasteiger partial charge in [0.1, 0.15) is 11.2 Å². The molecule has 0 saturated heterocycles. The van der Waals surface area contributed by atoms with Crippen molar-refractivity contribution >= 4 is 34.6 Å². The molecule has 6 heteroatoms. The normalized spacial score (nSPS) is 10.6. The van der Waals surface area contributed by atoms with E-state index in [1.54, 1.807) is 6.92 Å². The maximum absolute atomic E-state index is 11.6. The van der Waals surface area contributed by atoms with Gasteiger partial charge in [0.25, 0.3) is 0 Å². The molecule has 1 heterocycles. The average Bonchev–Trinajstić information content (AvgIpc) is 2.76. The van der Waals surface area contributed by atoms with Crippen molar-refractivity contribution in [3.05, 3.63) is 22.3 Å². The molecule has 0 saturated carbocycles. The number of ketones is 1. The van der Waals surface area contributed by atoms with Gasteiger partial charge in [-0.05, 0) is 19.9 Å². The van der Waals surface area contributed by atoms with Gasteiger partial charge in [-0.1, -0.05) is 11.6 Å². The molecule has 2 rings (SSSR count). The monoisotopic (exact) mass is 266 g/mol. The number of fused-ring (bicyclic) bond motifs is 1. The van der Waals surface area contributed by atoms with E-state index in [4.69, 9.17) is 16.3 Å². The molecule has 1 aromatic heterocycles. The van der Waals surface area contributed by atoms with E-state index in [9.17, 15) is 9.59 Å². The van der Waals surface area contributed by atoms with E-state index in [1.807, 2.05) is 0 Å². The number of rotatable bonds is 4. The third kappa shape index (κ3) is 1.86. The number of aldehydes is 1. The number of ether oxygens (including phenoxy) is 1. The Morgan fingerprint density at radius 3 is 2.89 bits per heavy atom. The molecule has 94 valence electrons. The quantitative estimate of drug-likeness (QED) is 0.682. The smallest absolute Gasteiger partial charge is 0.168 e. The second-order valence-corrected chi connectivity index (χ2v) is 4.11. The zero-order chi connectivity index (χ0) is 13.3. The molecule has 0 fully saturated rings. The molecule has 5 nitrogen and oxygen atoms in total. The van der Waals surface area contributed by atoms with Crippen molar-refractivity contribution in [3.8, 4) is 5.75 Å². The number of aromatic amines is 1. The summed E-state index contributed by atoms with van der Waals surface area (Å²) in [7, 11) is 0. The van der Waals surface area contributed by atoms with Gasteiger partial charge in [0.05, 0.1) is 22.6 Å². The first kappa shape index (κ1) is 12.6. The number of hydrogen-bond donors (Lipinski definition) is 1. The fourth-order valence-corrected chi connectivity index (χ4v) is 2.09. The minimum absolute atomic E-state index is 0.169. The number of Topliss-reactive ketones (excluding diaryl/α,β-unsaturated/α-hetero) is 1. The number of nitrogens with one attached hydrogen (secondary N) is 1. The molecule has 0 aliphatic carbocycles. The minimum Gasteiger partial charge on any atom is -0.491 e. The topological polar surface area (TPSA) is 72.1 Å². The molecule has 1 N–H and O–H groups in total. The van der Waals surface area contributed by atoms with Crippen LogP contribution in [0.15, 0.2) is 6.07 Å². The molecule has 0 radical (unpaired) electrons. The Morgan fingerprint density at radius 2 is 2.33 bits per heavy atom. The van der Waals surface area contributed by atoms with Gasteiger partial charge in [0, 0.05) is 0 Å². The van der Waals surface area contributed by atoms with Crippen molar-refractivity contribution in [2.75, 3.05) is 6.61 Å². The largest absolute Gasteiger partial charge is 0.491 e. The highest BCUT2D eigenvalue weighted by atomic mass is 35.5. The molecule has 0 atom stereocenters. The highest BCUT2D eigenvalue weighted by molar-refractivity contribution is 6.37. The van der Waals surface area contributed by atoms with Gasteiger partial charge in [0.2, 0.25) is 0 Å². The first-order valence-electron chi connectivity index (χ1n) is 5.39. The molecule has 0 aliphatic rings. The van der Waals surface area contributed by atoms with E-state index in [1.165, 1.54) is 13.0 Å². The fourth-order valence-electron chi connectivity index (χ4n) is 1.79. The van der Waals surface area contributed by atoms with Crippen molar-refractivity contribution in [1.29, 1.82) is 0 Å². The van der Waals surface area contributed by atoms with Gasteiger partial charge < -0.3 is 4.74 Å². The van der Waals surface area contributed by atoms with Crippen LogP contribution in [-0.2, 0) is 0 Å². The maximum Gasteiger partial charge on any atom is 0.168 e. The molecule has 1 aromatic carbocycles. The van der Waals surface area contributed by atoms with Crippen molar-refractivity contribution < 1.29 is 14.3 Å². The van der Waals surface area contributed by atoms with Crippen LogP contribution in [0.4, 0.5) is 0 Å². The van der Waals surface area contributed by atoms with Crippen LogP contribution >= 0.6 is 11.6 Å². The van der Waals surface area contributed by atoms with Crippen LogP contribution in [0.25, 0.3) is 10.9 Å². The lowest BCUT2D eigenvalue weighted by molar-refractivity contribution is 0.101. The summed E-state index contributed by atoms with van der Waals surface area (Å²) < 4.78 is 5.45. The van der Waals surface area contributed by atoms with E-state index < -0.39 is 0 Å². The SMILES string of the molecule is CCOc1c(C(C)=O)cc(Cl)c2c(C=O)[nH]nc12. The second-order valence-electron chi connectivity index (χ2n) is 3.70. The van der Waals surface area contributed by atoms with Crippen LogP contribution in [0.3, 0.4) is 0 Å². The van der Waals surface area contributed by atoms with E-state index in [-0.39, 0.29) is 11.5 Å². The lowest BCUT2D eigenvalue weighted by atomic mass is 10.1. The predicted molar refractivity (Wildman–Crippen MR) is 67.7 cm³/mol. The first-order valence-corrected chi connectivity index (χ1v) is 5.77.